The lowest BCUT2D eigenvalue weighted by atomic mass is 9.70. The summed E-state index contributed by atoms with van der Waals surface area (Å²) in [6.45, 7) is 14.4. The van der Waals surface area contributed by atoms with Crippen LogP contribution in [0.25, 0.3) is 0 Å². The Hall–Kier alpha value is -0.160. The minimum Gasteiger partial charge on any atom is -0.389 e. The molecule has 1 N–H and O–H groups in total. The Balaban J connectivity index is 1.48. The second kappa shape index (κ2) is 6.29. The number of ether oxygens (including phenoxy) is 2. The lowest BCUT2D eigenvalue weighted by Crippen LogP contribution is -2.49. The number of nitrogens with zero attached hydrogens (tertiary/aromatic N) is 1. The van der Waals surface area contributed by atoms with Crippen LogP contribution in [0.15, 0.2) is 0 Å². The third-order valence-corrected chi connectivity index (χ3v) is 7.17. The number of rotatable bonds is 5. The van der Waals surface area contributed by atoms with Crippen LogP contribution in [0.1, 0.15) is 53.9 Å². The van der Waals surface area contributed by atoms with Gasteiger partial charge in [-0.25, -0.2) is 0 Å². The number of aliphatic hydroxyl groups is 1. The van der Waals surface area contributed by atoms with Crippen LogP contribution in [-0.2, 0) is 9.47 Å². The monoisotopic (exact) mass is 325 g/mol. The van der Waals surface area contributed by atoms with E-state index in [1.165, 1.54) is 19.3 Å². The molecule has 0 unspecified atom stereocenters. The van der Waals surface area contributed by atoms with Gasteiger partial charge in [-0.05, 0) is 49.9 Å². The SMILES string of the molecule is C[C@@H]1CN(C[C@H](O)CO[C@@H]2C[C@@H]3CC[C@]2(C)C3(C)C)C[C@@H](C)O1. The van der Waals surface area contributed by atoms with Gasteiger partial charge in [-0.3, -0.25) is 4.90 Å². The topological polar surface area (TPSA) is 41.9 Å². The fourth-order valence-electron chi connectivity index (χ4n) is 5.39. The number of fused-ring (bicyclic) bond motifs is 2. The van der Waals surface area contributed by atoms with Crippen molar-refractivity contribution >= 4 is 0 Å². The van der Waals surface area contributed by atoms with Crippen molar-refractivity contribution in [3.63, 3.8) is 0 Å². The molecule has 0 radical (unpaired) electrons. The molecule has 3 fully saturated rings. The fourth-order valence-corrected chi connectivity index (χ4v) is 5.39. The van der Waals surface area contributed by atoms with Gasteiger partial charge < -0.3 is 14.6 Å². The average molecular weight is 325 g/mol. The first-order valence-corrected chi connectivity index (χ1v) is 9.40. The highest BCUT2D eigenvalue weighted by Crippen LogP contribution is 2.66. The van der Waals surface area contributed by atoms with Gasteiger partial charge in [0.05, 0.1) is 31.0 Å². The van der Waals surface area contributed by atoms with Crippen molar-refractivity contribution in [3.8, 4) is 0 Å². The van der Waals surface area contributed by atoms with Crippen molar-refractivity contribution in [2.75, 3.05) is 26.2 Å². The quantitative estimate of drug-likeness (QED) is 0.844. The molecular weight excluding hydrogens is 290 g/mol. The summed E-state index contributed by atoms with van der Waals surface area (Å²) in [6, 6.07) is 0. The van der Waals surface area contributed by atoms with Crippen molar-refractivity contribution in [1.82, 2.24) is 4.90 Å². The molecule has 4 nitrogen and oxygen atoms in total. The van der Waals surface area contributed by atoms with Crippen molar-refractivity contribution in [2.24, 2.45) is 16.7 Å². The average Bonchev–Trinajstić information content (AvgIpc) is 2.76. The third-order valence-electron chi connectivity index (χ3n) is 7.17. The van der Waals surface area contributed by atoms with E-state index in [0.29, 0.717) is 24.7 Å². The van der Waals surface area contributed by atoms with E-state index in [-0.39, 0.29) is 17.6 Å². The second-order valence-electron chi connectivity index (χ2n) is 9.06. The minimum absolute atomic E-state index is 0.247. The lowest BCUT2D eigenvalue weighted by Gasteiger charge is -2.39. The smallest absolute Gasteiger partial charge is 0.0900 e. The summed E-state index contributed by atoms with van der Waals surface area (Å²) >= 11 is 0. The summed E-state index contributed by atoms with van der Waals surface area (Å²) in [7, 11) is 0. The highest BCUT2D eigenvalue weighted by molar-refractivity contribution is 5.11. The number of morpholine rings is 1. The van der Waals surface area contributed by atoms with E-state index in [9.17, 15) is 5.11 Å². The zero-order chi connectivity index (χ0) is 16.8. The van der Waals surface area contributed by atoms with E-state index in [1.807, 2.05) is 0 Å². The molecule has 1 aliphatic heterocycles. The van der Waals surface area contributed by atoms with Crippen LogP contribution in [0.4, 0.5) is 0 Å². The van der Waals surface area contributed by atoms with Gasteiger partial charge in [-0.2, -0.15) is 0 Å². The van der Waals surface area contributed by atoms with E-state index in [2.05, 4.69) is 39.5 Å². The molecule has 3 rings (SSSR count). The van der Waals surface area contributed by atoms with Crippen molar-refractivity contribution < 1.29 is 14.6 Å². The van der Waals surface area contributed by atoms with Crippen LogP contribution in [0, 0.1) is 16.7 Å². The number of hydrogen-bond donors (Lipinski definition) is 1. The summed E-state index contributed by atoms with van der Waals surface area (Å²) in [6.07, 6.45) is 4.18. The standard InChI is InChI=1S/C19H35NO3/c1-13-9-20(10-14(2)23-13)11-16(21)12-22-17-8-15-6-7-19(17,5)18(15,3)4/h13-17,21H,6-12H2,1-5H3/t13-,14-,15+,16+,17-,19+/m1/s1. The highest BCUT2D eigenvalue weighted by Gasteiger charge is 2.61. The second-order valence-corrected chi connectivity index (χ2v) is 9.06. The molecule has 0 aromatic heterocycles. The number of hydrogen-bond acceptors (Lipinski definition) is 4. The molecule has 0 amide bonds. The molecule has 0 aromatic rings. The van der Waals surface area contributed by atoms with Crippen LogP contribution in [-0.4, -0.2) is 60.7 Å². The molecule has 0 spiro atoms. The van der Waals surface area contributed by atoms with Gasteiger partial charge in [-0.15, -0.1) is 0 Å². The van der Waals surface area contributed by atoms with Gasteiger partial charge in [0.15, 0.2) is 0 Å². The maximum Gasteiger partial charge on any atom is 0.0900 e. The highest BCUT2D eigenvalue weighted by atomic mass is 16.5. The number of β-amino-alcohol motifs (C(OH)–C–C–N with tert-alkyl or cyclic N) is 1. The molecule has 2 bridgehead atoms. The first-order chi connectivity index (χ1) is 10.7. The zero-order valence-electron chi connectivity index (χ0n) is 15.5. The van der Waals surface area contributed by atoms with Crippen molar-refractivity contribution in [1.29, 1.82) is 0 Å². The summed E-state index contributed by atoms with van der Waals surface area (Å²) in [4.78, 5) is 2.30. The predicted molar refractivity (Wildman–Crippen MR) is 91.4 cm³/mol. The molecule has 2 aliphatic carbocycles. The van der Waals surface area contributed by atoms with E-state index < -0.39 is 6.10 Å². The minimum atomic E-state index is -0.404. The summed E-state index contributed by atoms with van der Waals surface area (Å²) in [5, 5.41) is 10.4. The van der Waals surface area contributed by atoms with Crippen LogP contribution in [0.2, 0.25) is 0 Å². The van der Waals surface area contributed by atoms with Gasteiger partial charge in [0.25, 0.3) is 0 Å². The van der Waals surface area contributed by atoms with Crippen molar-refractivity contribution in [2.45, 2.75) is 78.3 Å². The van der Waals surface area contributed by atoms with Crippen LogP contribution < -0.4 is 0 Å². The molecule has 1 heterocycles. The van der Waals surface area contributed by atoms with Crippen LogP contribution in [0.5, 0.6) is 0 Å². The Kier molecular flexibility index (Phi) is 4.83. The molecule has 4 heteroatoms. The molecule has 134 valence electrons. The van der Waals surface area contributed by atoms with Gasteiger partial charge in [0.1, 0.15) is 0 Å². The van der Waals surface area contributed by atoms with Gasteiger partial charge >= 0.3 is 0 Å². The Morgan fingerprint density at radius 1 is 1.22 bits per heavy atom. The zero-order valence-corrected chi connectivity index (χ0v) is 15.5. The molecule has 2 saturated carbocycles. The van der Waals surface area contributed by atoms with Gasteiger partial charge in [-0.1, -0.05) is 20.8 Å². The summed E-state index contributed by atoms with van der Waals surface area (Å²) in [5.74, 6) is 0.788. The summed E-state index contributed by atoms with van der Waals surface area (Å²) < 4.78 is 12.0. The largest absolute Gasteiger partial charge is 0.389 e. The molecule has 0 aromatic carbocycles. The first-order valence-electron chi connectivity index (χ1n) is 9.40. The molecule has 3 aliphatic rings. The Labute approximate surface area is 141 Å². The maximum absolute atomic E-state index is 10.4. The van der Waals surface area contributed by atoms with Gasteiger partial charge in [0.2, 0.25) is 0 Å². The Morgan fingerprint density at radius 3 is 2.39 bits per heavy atom. The van der Waals surface area contributed by atoms with E-state index in [1.54, 1.807) is 0 Å². The van der Waals surface area contributed by atoms with E-state index >= 15 is 0 Å². The normalized spacial score (nSPS) is 44.6. The first kappa shape index (κ1) is 17.7. The molecule has 6 atom stereocenters. The predicted octanol–water partition coefficient (Wildman–Crippen LogP) is 2.69. The molecular formula is C19H35NO3. The van der Waals surface area contributed by atoms with Crippen LogP contribution in [0.3, 0.4) is 0 Å². The molecule has 23 heavy (non-hydrogen) atoms. The van der Waals surface area contributed by atoms with Gasteiger partial charge in [0, 0.05) is 19.6 Å². The third kappa shape index (κ3) is 3.20. The maximum atomic E-state index is 10.4. The molecule has 1 saturated heterocycles. The van der Waals surface area contributed by atoms with Crippen molar-refractivity contribution in [3.05, 3.63) is 0 Å². The lowest BCUT2D eigenvalue weighted by molar-refractivity contribution is -0.0996. The Bertz CT molecular complexity index is 417. The number of aliphatic hydroxyl groups excluding tert-OH is 1. The Morgan fingerprint density at radius 2 is 1.87 bits per heavy atom. The van der Waals surface area contributed by atoms with Crippen LogP contribution >= 0.6 is 0 Å². The summed E-state index contributed by atoms with van der Waals surface area (Å²) in [5.41, 5.74) is 0.650. The fraction of sp³-hybridized carbons (Fsp3) is 1.00. The van der Waals surface area contributed by atoms with E-state index in [0.717, 1.165) is 19.0 Å². The van der Waals surface area contributed by atoms with E-state index in [4.69, 9.17) is 9.47 Å².